The number of esters is 1. The van der Waals surface area contributed by atoms with E-state index in [1.807, 2.05) is 73.7 Å². The van der Waals surface area contributed by atoms with Gasteiger partial charge < -0.3 is 9.16 Å². The van der Waals surface area contributed by atoms with E-state index in [0.717, 1.165) is 16.7 Å². The first-order valence-electron chi connectivity index (χ1n) is 12.7. The number of ether oxygens (including phenoxy) is 1. The van der Waals surface area contributed by atoms with Gasteiger partial charge in [-0.3, -0.25) is 4.79 Å². The van der Waals surface area contributed by atoms with Crippen LogP contribution in [0.2, 0.25) is 19.6 Å². The highest BCUT2D eigenvalue weighted by Gasteiger charge is 2.45. The minimum Gasteiger partial charge on any atom is -0.466 e. The quantitative estimate of drug-likeness (QED) is 0.163. The lowest BCUT2D eigenvalue weighted by molar-refractivity contribution is -0.142. The lowest BCUT2D eigenvalue weighted by atomic mass is 9.82. The van der Waals surface area contributed by atoms with Crippen LogP contribution in [-0.2, 0) is 29.6 Å². The van der Waals surface area contributed by atoms with Crippen molar-refractivity contribution in [2.75, 3.05) is 6.61 Å². The van der Waals surface area contributed by atoms with Gasteiger partial charge in [-0.25, -0.2) is 13.1 Å². The average Bonchev–Trinajstić information content (AvgIpc) is 2.87. The molecule has 0 aliphatic heterocycles. The Bertz CT molecular complexity index is 1320. The first kappa shape index (κ1) is 29.5. The number of hydrogen-bond acceptors (Lipinski definition) is 5. The maximum atomic E-state index is 13.8. The van der Waals surface area contributed by atoms with Crippen LogP contribution in [0, 0.1) is 6.92 Å². The summed E-state index contributed by atoms with van der Waals surface area (Å²) in [5, 5.41) is 0. The topological polar surface area (TPSA) is 81.7 Å². The Morgan fingerprint density at radius 2 is 1.53 bits per heavy atom. The minimum absolute atomic E-state index is 0.0315. The first-order chi connectivity index (χ1) is 18.0. The normalized spacial score (nSPS) is 14.7. The summed E-state index contributed by atoms with van der Waals surface area (Å²) in [6.07, 6.45) is 3.55. The Morgan fingerprint density at radius 3 is 2.08 bits per heavy atom. The van der Waals surface area contributed by atoms with Crippen LogP contribution in [0.25, 0.3) is 0 Å². The van der Waals surface area contributed by atoms with Crippen LogP contribution in [0.3, 0.4) is 0 Å². The number of benzene rings is 3. The first-order valence-corrected chi connectivity index (χ1v) is 17.6. The average molecular weight is 552 g/mol. The van der Waals surface area contributed by atoms with Gasteiger partial charge in [0, 0.05) is 0 Å². The van der Waals surface area contributed by atoms with Crippen molar-refractivity contribution in [3.05, 3.63) is 114 Å². The summed E-state index contributed by atoms with van der Waals surface area (Å²) < 4.78 is 42.6. The van der Waals surface area contributed by atoms with E-state index in [4.69, 9.17) is 9.16 Å². The second kappa shape index (κ2) is 12.7. The molecule has 0 aromatic heterocycles. The van der Waals surface area contributed by atoms with Crippen molar-refractivity contribution < 1.29 is 22.4 Å². The molecule has 0 heterocycles. The van der Waals surface area contributed by atoms with Crippen LogP contribution < -0.4 is 4.72 Å². The highest BCUT2D eigenvalue weighted by Crippen LogP contribution is 2.43. The summed E-state index contributed by atoms with van der Waals surface area (Å²) in [4.78, 5) is 12.4. The third-order valence-electron chi connectivity index (χ3n) is 5.82. The predicted octanol–water partition coefficient (Wildman–Crippen LogP) is 6.27. The maximum Gasteiger partial charge on any atom is 0.309 e. The van der Waals surface area contributed by atoms with Crippen LogP contribution in [-0.4, -0.2) is 29.3 Å². The SMILES string of the molecule is CCOC(=O)C/C=C/[C@](O[Si](C)(C)C)(c1ccccc1)[C@@H](NS(=O)(=O)c1ccc(C)cc1)c1ccccc1. The van der Waals surface area contributed by atoms with E-state index in [2.05, 4.69) is 24.4 Å². The number of carbonyl (C=O) groups excluding carboxylic acids is 1. The summed E-state index contributed by atoms with van der Waals surface area (Å²) in [6, 6.07) is 24.8. The molecule has 0 spiro atoms. The van der Waals surface area contributed by atoms with Gasteiger partial charge in [-0.2, -0.15) is 0 Å². The Morgan fingerprint density at radius 1 is 0.947 bits per heavy atom. The highest BCUT2D eigenvalue weighted by molar-refractivity contribution is 7.89. The van der Waals surface area contributed by atoms with Crippen molar-refractivity contribution in [2.24, 2.45) is 0 Å². The molecule has 38 heavy (non-hydrogen) atoms. The van der Waals surface area contributed by atoms with Crippen LogP contribution >= 0.6 is 0 Å². The zero-order valence-corrected chi connectivity index (χ0v) is 24.5. The molecule has 0 saturated heterocycles. The molecule has 0 unspecified atom stereocenters. The van der Waals surface area contributed by atoms with Crippen molar-refractivity contribution in [3.8, 4) is 0 Å². The van der Waals surface area contributed by atoms with Gasteiger partial charge >= 0.3 is 5.97 Å². The Balaban J connectivity index is 2.26. The standard InChI is InChI=1S/C30H37NO5SSi/c1-6-35-28(32)18-13-23-30(36-38(3,4)5,26-16-11-8-12-17-26)29(25-14-9-7-10-15-25)31-37(33,34)27-21-19-24(2)20-22-27/h7-17,19-23,29,31H,6,18H2,1-5H3/b23-13+/t29-,30-/m0/s1. The molecular formula is C30H37NO5SSi. The van der Waals surface area contributed by atoms with E-state index in [1.54, 1.807) is 37.3 Å². The molecular weight excluding hydrogens is 514 g/mol. The Kier molecular flexibility index (Phi) is 9.84. The summed E-state index contributed by atoms with van der Waals surface area (Å²) in [5.41, 5.74) is 1.21. The van der Waals surface area contributed by atoms with Gasteiger partial charge in [-0.05, 0) is 56.7 Å². The summed E-state index contributed by atoms with van der Waals surface area (Å²) in [5.74, 6) is -0.366. The van der Waals surface area contributed by atoms with E-state index in [9.17, 15) is 13.2 Å². The van der Waals surface area contributed by atoms with E-state index >= 15 is 0 Å². The number of nitrogens with one attached hydrogen (secondary N) is 1. The van der Waals surface area contributed by atoms with Crippen molar-refractivity contribution in [3.63, 3.8) is 0 Å². The third kappa shape index (κ3) is 7.74. The fourth-order valence-electron chi connectivity index (χ4n) is 4.26. The van der Waals surface area contributed by atoms with Crippen molar-refractivity contribution >= 4 is 24.3 Å². The fourth-order valence-corrected chi connectivity index (χ4v) is 6.82. The number of hydrogen-bond donors (Lipinski definition) is 1. The minimum atomic E-state index is -3.96. The van der Waals surface area contributed by atoms with Crippen LogP contribution in [0.5, 0.6) is 0 Å². The second-order valence-corrected chi connectivity index (χ2v) is 16.2. The smallest absolute Gasteiger partial charge is 0.309 e. The summed E-state index contributed by atoms with van der Waals surface area (Å²) >= 11 is 0. The molecule has 202 valence electrons. The van der Waals surface area contributed by atoms with Gasteiger partial charge in [0.1, 0.15) is 5.60 Å². The number of sulfonamides is 1. The number of aryl methyl sites for hydroxylation is 1. The highest BCUT2D eigenvalue weighted by atomic mass is 32.2. The molecule has 3 rings (SSSR count). The molecule has 0 fully saturated rings. The molecule has 8 heteroatoms. The zero-order valence-electron chi connectivity index (χ0n) is 22.7. The molecule has 2 atom stereocenters. The molecule has 0 aliphatic carbocycles. The van der Waals surface area contributed by atoms with Crippen LogP contribution in [0.1, 0.15) is 36.1 Å². The molecule has 0 aliphatic rings. The largest absolute Gasteiger partial charge is 0.466 e. The molecule has 1 N–H and O–H groups in total. The van der Waals surface area contributed by atoms with Gasteiger partial charge in [-0.1, -0.05) is 90.5 Å². The van der Waals surface area contributed by atoms with Crippen molar-refractivity contribution in [2.45, 2.75) is 56.4 Å². The lowest BCUT2D eigenvalue weighted by Crippen LogP contribution is -2.49. The molecule has 6 nitrogen and oxygen atoms in total. The van der Waals surface area contributed by atoms with Gasteiger partial charge in [0.15, 0.2) is 8.32 Å². The predicted molar refractivity (Wildman–Crippen MR) is 154 cm³/mol. The lowest BCUT2D eigenvalue weighted by Gasteiger charge is -2.43. The van der Waals surface area contributed by atoms with Gasteiger partial charge in [0.2, 0.25) is 10.0 Å². The monoisotopic (exact) mass is 551 g/mol. The van der Waals surface area contributed by atoms with Crippen LogP contribution in [0.4, 0.5) is 0 Å². The Hall–Kier alpha value is -3.04. The second-order valence-electron chi connectivity index (χ2n) is 10.1. The molecule has 0 amide bonds. The molecule has 0 bridgehead atoms. The molecule has 3 aromatic rings. The van der Waals surface area contributed by atoms with E-state index < -0.39 is 30.0 Å². The van der Waals surface area contributed by atoms with E-state index in [0.29, 0.717) is 0 Å². The van der Waals surface area contributed by atoms with E-state index in [-0.39, 0.29) is 23.9 Å². The number of carbonyl (C=O) groups is 1. The fraction of sp³-hybridized carbons (Fsp3) is 0.300. The van der Waals surface area contributed by atoms with E-state index in [1.165, 1.54) is 0 Å². The van der Waals surface area contributed by atoms with Crippen LogP contribution in [0.15, 0.2) is 102 Å². The zero-order chi connectivity index (χ0) is 27.8. The molecule has 0 radical (unpaired) electrons. The van der Waals surface area contributed by atoms with Gasteiger partial charge in [-0.15, -0.1) is 0 Å². The van der Waals surface area contributed by atoms with Gasteiger partial charge in [0.25, 0.3) is 0 Å². The Labute approximate surface area is 227 Å². The number of rotatable bonds is 12. The summed E-state index contributed by atoms with van der Waals surface area (Å²) in [7, 11) is -6.29. The van der Waals surface area contributed by atoms with Crippen molar-refractivity contribution in [1.82, 2.24) is 4.72 Å². The third-order valence-corrected chi connectivity index (χ3v) is 8.21. The summed E-state index contributed by atoms with van der Waals surface area (Å²) in [6.45, 7) is 10.1. The molecule has 0 saturated carbocycles. The maximum absolute atomic E-state index is 13.8. The van der Waals surface area contributed by atoms with Gasteiger partial charge in [0.05, 0.1) is 24.0 Å². The van der Waals surface area contributed by atoms with Crippen molar-refractivity contribution in [1.29, 1.82) is 0 Å². The molecule has 3 aromatic carbocycles.